The Morgan fingerprint density at radius 2 is 1.95 bits per heavy atom. The number of rotatable bonds is 4. The number of pyridine rings is 1. The molecule has 0 aliphatic rings. The molecule has 1 aromatic carbocycles. The van der Waals surface area contributed by atoms with Crippen LogP contribution in [0.5, 0.6) is 0 Å². The van der Waals surface area contributed by atoms with Crippen LogP contribution >= 0.6 is 0 Å². The second-order valence-corrected chi connectivity index (χ2v) is 4.93. The molecule has 0 aliphatic carbocycles. The summed E-state index contributed by atoms with van der Waals surface area (Å²) in [5.41, 5.74) is 6.01. The Morgan fingerprint density at radius 3 is 2.63 bits per heavy atom. The molecule has 1 N–H and O–H groups in total. The van der Waals surface area contributed by atoms with Crippen LogP contribution in [0.4, 0.5) is 11.4 Å². The molecule has 0 atom stereocenters. The molecule has 3 heteroatoms. The molecule has 1 aromatic heterocycles. The molecule has 0 amide bonds. The monoisotopic (exact) mass is 255 g/mol. The molecule has 0 bridgehead atoms. The van der Waals surface area contributed by atoms with E-state index >= 15 is 0 Å². The number of hydrogen-bond donors (Lipinski definition) is 1. The molecule has 2 rings (SSSR count). The highest BCUT2D eigenvalue weighted by molar-refractivity contribution is 5.54. The molecule has 0 unspecified atom stereocenters. The van der Waals surface area contributed by atoms with E-state index in [-0.39, 0.29) is 0 Å². The van der Waals surface area contributed by atoms with Gasteiger partial charge in [0.2, 0.25) is 0 Å². The normalized spacial score (nSPS) is 10.3. The largest absolute Gasteiger partial charge is 0.388 e. The average Bonchev–Trinajstić information content (AvgIpc) is 2.38. The predicted octanol–water partition coefficient (Wildman–Crippen LogP) is 3.38. The summed E-state index contributed by atoms with van der Waals surface area (Å²) in [5, 5.41) is 3.14. The standard InChI is InChI=1S/C16H21N3/c1-12-5-6-16(13(2)9-12)19(4)11-15-10-14(17-3)7-8-18-15/h5-10H,11H2,1-4H3,(H,17,18). The number of aryl methyl sites for hydroxylation is 2. The molecule has 0 saturated heterocycles. The highest BCUT2D eigenvalue weighted by Crippen LogP contribution is 2.21. The molecule has 100 valence electrons. The van der Waals surface area contributed by atoms with Gasteiger partial charge >= 0.3 is 0 Å². The van der Waals surface area contributed by atoms with Crippen molar-refractivity contribution < 1.29 is 0 Å². The molecule has 2 aromatic rings. The van der Waals surface area contributed by atoms with Crippen LogP contribution in [0.15, 0.2) is 36.5 Å². The number of nitrogens with zero attached hydrogens (tertiary/aromatic N) is 2. The lowest BCUT2D eigenvalue weighted by Crippen LogP contribution is -2.18. The highest BCUT2D eigenvalue weighted by atomic mass is 15.1. The van der Waals surface area contributed by atoms with Gasteiger partial charge < -0.3 is 10.2 Å². The van der Waals surface area contributed by atoms with Gasteiger partial charge in [0.1, 0.15) is 0 Å². The first kappa shape index (κ1) is 13.4. The van der Waals surface area contributed by atoms with Crippen molar-refractivity contribution in [3.8, 4) is 0 Å². The molecule has 0 aliphatic heterocycles. The molecule has 0 fully saturated rings. The summed E-state index contributed by atoms with van der Waals surface area (Å²) >= 11 is 0. The number of hydrogen-bond acceptors (Lipinski definition) is 3. The Hall–Kier alpha value is -2.03. The van der Waals surface area contributed by atoms with E-state index in [2.05, 4.69) is 60.4 Å². The van der Waals surface area contributed by atoms with Crippen LogP contribution in [0.2, 0.25) is 0 Å². The summed E-state index contributed by atoms with van der Waals surface area (Å²) in [5.74, 6) is 0. The number of benzene rings is 1. The van der Waals surface area contributed by atoms with Crippen LogP contribution in [-0.2, 0) is 6.54 Å². The lowest BCUT2D eigenvalue weighted by atomic mass is 10.1. The Balaban J connectivity index is 2.17. The molecule has 3 nitrogen and oxygen atoms in total. The zero-order valence-electron chi connectivity index (χ0n) is 12.1. The first-order valence-electron chi connectivity index (χ1n) is 6.51. The van der Waals surface area contributed by atoms with Gasteiger partial charge in [-0.1, -0.05) is 17.7 Å². The Morgan fingerprint density at radius 1 is 1.16 bits per heavy atom. The van der Waals surface area contributed by atoms with Crippen LogP contribution in [0.25, 0.3) is 0 Å². The van der Waals surface area contributed by atoms with Gasteiger partial charge in [0.05, 0.1) is 12.2 Å². The molecular weight excluding hydrogens is 234 g/mol. The predicted molar refractivity (Wildman–Crippen MR) is 81.8 cm³/mol. The zero-order valence-corrected chi connectivity index (χ0v) is 12.1. The zero-order chi connectivity index (χ0) is 13.8. The fourth-order valence-corrected chi connectivity index (χ4v) is 2.28. The second kappa shape index (κ2) is 5.74. The van der Waals surface area contributed by atoms with E-state index < -0.39 is 0 Å². The second-order valence-electron chi connectivity index (χ2n) is 4.93. The van der Waals surface area contributed by atoms with Gasteiger partial charge in [0, 0.05) is 31.7 Å². The minimum absolute atomic E-state index is 0.805. The summed E-state index contributed by atoms with van der Waals surface area (Å²) in [6.45, 7) is 5.07. The van der Waals surface area contributed by atoms with E-state index in [0.717, 1.165) is 17.9 Å². The maximum absolute atomic E-state index is 4.42. The van der Waals surface area contributed by atoms with Crippen LogP contribution in [0.3, 0.4) is 0 Å². The minimum Gasteiger partial charge on any atom is -0.388 e. The molecule has 0 saturated carbocycles. The van der Waals surface area contributed by atoms with E-state index in [1.807, 2.05) is 19.3 Å². The summed E-state index contributed by atoms with van der Waals surface area (Å²) in [6.07, 6.45) is 1.84. The average molecular weight is 255 g/mol. The maximum atomic E-state index is 4.42. The van der Waals surface area contributed by atoms with E-state index in [0.29, 0.717) is 0 Å². The molecule has 19 heavy (non-hydrogen) atoms. The first-order chi connectivity index (χ1) is 9.10. The Kier molecular flexibility index (Phi) is 4.05. The first-order valence-corrected chi connectivity index (χ1v) is 6.51. The van der Waals surface area contributed by atoms with Crippen molar-refractivity contribution in [1.82, 2.24) is 4.98 Å². The van der Waals surface area contributed by atoms with E-state index in [1.54, 1.807) is 0 Å². The lowest BCUT2D eigenvalue weighted by molar-refractivity contribution is 0.881. The van der Waals surface area contributed by atoms with Gasteiger partial charge in [-0.3, -0.25) is 4.98 Å². The van der Waals surface area contributed by atoms with Crippen molar-refractivity contribution in [3.63, 3.8) is 0 Å². The summed E-state index contributed by atoms with van der Waals surface area (Å²) in [6, 6.07) is 10.6. The van der Waals surface area contributed by atoms with E-state index in [9.17, 15) is 0 Å². The number of nitrogens with one attached hydrogen (secondary N) is 1. The lowest BCUT2D eigenvalue weighted by Gasteiger charge is -2.21. The van der Waals surface area contributed by atoms with Gasteiger partial charge in [-0.2, -0.15) is 0 Å². The van der Waals surface area contributed by atoms with Crippen molar-refractivity contribution in [2.45, 2.75) is 20.4 Å². The van der Waals surface area contributed by atoms with Gasteiger partial charge in [0.15, 0.2) is 0 Å². The van der Waals surface area contributed by atoms with Crippen molar-refractivity contribution in [2.75, 3.05) is 24.3 Å². The quantitative estimate of drug-likeness (QED) is 0.907. The van der Waals surface area contributed by atoms with Crippen molar-refractivity contribution in [2.24, 2.45) is 0 Å². The molecule has 0 radical (unpaired) electrons. The van der Waals surface area contributed by atoms with E-state index in [1.165, 1.54) is 16.8 Å². The van der Waals surface area contributed by atoms with Gasteiger partial charge in [-0.05, 0) is 37.6 Å². The van der Waals surface area contributed by atoms with Crippen LogP contribution < -0.4 is 10.2 Å². The third kappa shape index (κ3) is 3.25. The molecule has 1 heterocycles. The van der Waals surface area contributed by atoms with Crippen LogP contribution in [-0.4, -0.2) is 19.1 Å². The topological polar surface area (TPSA) is 28.2 Å². The maximum Gasteiger partial charge on any atom is 0.0617 e. The number of anilines is 2. The van der Waals surface area contributed by atoms with Crippen LogP contribution in [0.1, 0.15) is 16.8 Å². The Bertz CT molecular complexity index is 564. The van der Waals surface area contributed by atoms with Crippen molar-refractivity contribution in [3.05, 3.63) is 53.3 Å². The molecular formula is C16H21N3. The van der Waals surface area contributed by atoms with Gasteiger partial charge in [0.25, 0.3) is 0 Å². The van der Waals surface area contributed by atoms with Gasteiger partial charge in [-0.15, -0.1) is 0 Å². The third-order valence-corrected chi connectivity index (χ3v) is 3.27. The fourth-order valence-electron chi connectivity index (χ4n) is 2.28. The van der Waals surface area contributed by atoms with Gasteiger partial charge in [-0.25, -0.2) is 0 Å². The van der Waals surface area contributed by atoms with E-state index in [4.69, 9.17) is 0 Å². The Labute approximate surface area is 115 Å². The summed E-state index contributed by atoms with van der Waals surface area (Å²) < 4.78 is 0. The minimum atomic E-state index is 0.805. The third-order valence-electron chi connectivity index (χ3n) is 3.27. The molecule has 0 spiro atoms. The van der Waals surface area contributed by atoms with Crippen molar-refractivity contribution in [1.29, 1.82) is 0 Å². The summed E-state index contributed by atoms with van der Waals surface area (Å²) in [7, 11) is 4.03. The van der Waals surface area contributed by atoms with Crippen LogP contribution in [0, 0.1) is 13.8 Å². The SMILES string of the molecule is CNc1ccnc(CN(C)c2ccc(C)cc2C)c1. The number of aromatic nitrogens is 1. The fraction of sp³-hybridized carbons (Fsp3) is 0.312. The highest BCUT2D eigenvalue weighted by Gasteiger charge is 2.06. The van der Waals surface area contributed by atoms with Crippen molar-refractivity contribution >= 4 is 11.4 Å². The smallest absolute Gasteiger partial charge is 0.0617 e. The summed E-state index contributed by atoms with van der Waals surface area (Å²) in [4.78, 5) is 6.65.